The van der Waals surface area contributed by atoms with E-state index < -0.39 is 0 Å². The summed E-state index contributed by atoms with van der Waals surface area (Å²) < 4.78 is 1.03. The fourth-order valence-electron chi connectivity index (χ4n) is 1.25. The van der Waals surface area contributed by atoms with Crippen molar-refractivity contribution in [3.8, 4) is 0 Å². The van der Waals surface area contributed by atoms with Crippen molar-refractivity contribution in [2.75, 3.05) is 0 Å². The summed E-state index contributed by atoms with van der Waals surface area (Å²) in [4.78, 5) is 11.2. The first-order chi connectivity index (χ1) is 6.65. The molecule has 1 amide bonds. The second-order valence-corrected chi connectivity index (χ2v) is 4.02. The maximum Gasteiger partial charge on any atom is 0.220 e. The minimum atomic E-state index is 0.0537. The fraction of sp³-hybridized carbons (Fsp3) is 0.364. The molecule has 2 nitrogen and oxygen atoms in total. The molecule has 0 aliphatic carbocycles. The molecule has 3 heteroatoms. The van der Waals surface area contributed by atoms with Crippen molar-refractivity contribution < 1.29 is 4.79 Å². The van der Waals surface area contributed by atoms with Crippen LogP contribution in [-0.4, -0.2) is 5.91 Å². The molecule has 1 N–H and O–H groups in total. The van der Waals surface area contributed by atoms with E-state index in [0.717, 1.165) is 10.0 Å². The van der Waals surface area contributed by atoms with Gasteiger partial charge >= 0.3 is 0 Å². The molecule has 1 aromatic carbocycles. The Balaban J connectivity index is 2.74. The molecule has 1 rings (SSSR count). The van der Waals surface area contributed by atoms with Crippen LogP contribution >= 0.6 is 15.9 Å². The first kappa shape index (κ1) is 11.2. The summed E-state index contributed by atoms with van der Waals surface area (Å²) in [6.07, 6.45) is 0.523. The molecule has 1 atom stereocenters. The highest BCUT2D eigenvalue weighted by molar-refractivity contribution is 9.10. The zero-order chi connectivity index (χ0) is 10.6. The van der Waals surface area contributed by atoms with Gasteiger partial charge in [-0.3, -0.25) is 4.79 Å². The van der Waals surface area contributed by atoms with Crippen LogP contribution in [0.4, 0.5) is 0 Å². The zero-order valence-corrected chi connectivity index (χ0v) is 9.97. The first-order valence-corrected chi connectivity index (χ1v) is 5.48. The molecule has 0 aliphatic heterocycles. The molecule has 0 aliphatic rings. The highest BCUT2D eigenvalue weighted by atomic mass is 79.9. The number of halogens is 1. The van der Waals surface area contributed by atoms with E-state index in [2.05, 4.69) is 21.2 Å². The predicted octanol–water partition coefficient (Wildman–Crippen LogP) is 3.04. The van der Waals surface area contributed by atoms with E-state index in [1.807, 2.05) is 38.1 Å². The van der Waals surface area contributed by atoms with Gasteiger partial charge in [0.05, 0.1) is 6.04 Å². The minimum absolute atomic E-state index is 0.0537. The molecule has 0 spiro atoms. The standard InChI is InChI=1S/C11H14BrNO/c1-3-11(14)13-8(2)9-6-4-5-7-10(9)12/h4-8H,3H2,1-2H3,(H,13,14). The molecule has 0 saturated carbocycles. The third-order valence-corrected chi connectivity index (χ3v) is 2.79. The van der Waals surface area contributed by atoms with Crippen LogP contribution in [0, 0.1) is 0 Å². The summed E-state index contributed by atoms with van der Waals surface area (Å²) in [6, 6.07) is 7.96. The molecule has 0 aromatic heterocycles. The van der Waals surface area contributed by atoms with E-state index in [-0.39, 0.29) is 11.9 Å². The van der Waals surface area contributed by atoms with Crippen molar-refractivity contribution in [2.45, 2.75) is 26.3 Å². The van der Waals surface area contributed by atoms with Gasteiger partial charge in [0.25, 0.3) is 0 Å². The number of nitrogens with one attached hydrogen (secondary N) is 1. The number of rotatable bonds is 3. The molecular weight excluding hydrogens is 242 g/mol. The average Bonchev–Trinajstić information content (AvgIpc) is 2.18. The van der Waals surface area contributed by atoms with Gasteiger partial charge in [-0.25, -0.2) is 0 Å². The average molecular weight is 256 g/mol. The predicted molar refractivity (Wildman–Crippen MR) is 61.0 cm³/mol. The number of benzene rings is 1. The zero-order valence-electron chi connectivity index (χ0n) is 8.38. The lowest BCUT2D eigenvalue weighted by atomic mass is 10.1. The van der Waals surface area contributed by atoms with E-state index >= 15 is 0 Å². The number of carbonyl (C=O) groups is 1. The van der Waals surface area contributed by atoms with Crippen molar-refractivity contribution in [1.82, 2.24) is 5.32 Å². The van der Waals surface area contributed by atoms with E-state index in [4.69, 9.17) is 0 Å². The van der Waals surface area contributed by atoms with Crippen LogP contribution in [0.2, 0.25) is 0 Å². The van der Waals surface area contributed by atoms with Gasteiger partial charge in [0.1, 0.15) is 0 Å². The third kappa shape index (κ3) is 2.84. The summed E-state index contributed by atoms with van der Waals surface area (Å²) in [7, 11) is 0. The van der Waals surface area contributed by atoms with E-state index in [1.54, 1.807) is 0 Å². The summed E-state index contributed by atoms with van der Waals surface area (Å²) in [5, 5.41) is 2.92. The van der Waals surface area contributed by atoms with Gasteiger partial charge in [0, 0.05) is 10.9 Å². The van der Waals surface area contributed by atoms with Crippen LogP contribution in [0.1, 0.15) is 31.9 Å². The van der Waals surface area contributed by atoms with Gasteiger partial charge in [-0.2, -0.15) is 0 Å². The quantitative estimate of drug-likeness (QED) is 0.884. The van der Waals surface area contributed by atoms with Gasteiger partial charge in [-0.15, -0.1) is 0 Å². The molecule has 14 heavy (non-hydrogen) atoms. The van der Waals surface area contributed by atoms with Gasteiger partial charge in [-0.05, 0) is 18.6 Å². The second kappa shape index (κ2) is 5.15. The van der Waals surface area contributed by atoms with Gasteiger partial charge in [0.15, 0.2) is 0 Å². The van der Waals surface area contributed by atoms with E-state index in [1.165, 1.54) is 0 Å². The van der Waals surface area contributed by atoms with Crippen LogP contribution < -0.4 is 5.32 Å². The van der Waals surface area contributed by atoms with Crippen LogP contribution in [0.5, 0.6) is 0 Å². The normalized spacial score (nSPS) is 12.2. The highest BCUT2D eigenvalue weighted by Crippen LogP contribution is 2.22. The van der Waals surface area contributed by atoms with Gasteiger partial charge < -0.3 is 5.32 Å². The lowest BCUT2D eigenvalue weighted by molar-refractivity contribution is -0.121. The van der Waals surface area contributed by atoms with E-state index in [0.29, 0.717) is 6.42 Å². The van der Waals surface area contributed by atoms with Crippen LogP contribution in [0.15, 0.2) is 28.7 Å². The molecule has 0 saturated heterocycles. The summed E-state index contributed by atoms with van der Waals surface area (Å²) >= 11 is 3.46. The Morgan fingerprint density at radius 3 is 2.71 bits per heavy atom. The largest absolute Gasteiger partial charge is 0.350 e. The fourth-order valence-corrected chi connectivity index (χ4v) is 1.88. The Labute approximate surface area is 92.8 Å². The highest BCUT2D eigenvalue weighted by Gasteiger charge is 2.09. The SMILES string of the molecule is CCC(=O)NC(C)c1ccccc1Br. The van der Waals surface area contributed by atoms with Crippen molar-refractivity contribution in [3.05, 3.63) is 34.3 Å². The molecule has 1 unspecified atom stereocenters. The van der Waals surface area contributed by atoms with Crippen molar-refractivity contribution in [3.63, 3.8) is 0 Å². The minimum Gasteiger partial charge on any atom is -0.350 e. The Bertz CT molecular complexity index is 325. The molecule has 0 heterocycles. The monoisotopic (exact) mass is 255 g/mol. The Morgan fingerprint density at radius 2 is 2.14 bits per heavy atom. The number of hydrogen-bond donors (Lipinski definition) is 1. The topological polar surface area (TPSA) is 29.1 Å². The Hall–Kier alpha value is -0.830. The maximum atomic E-state index is 11.2. The van der Waals surface area contributed by atoms with Gasteiger partial charge in [0.2, 0.25) is 5.91 Å². The van der Waals surface area contributed by atoms with Crippen molar-refractivity contribution >= 4 is 21.8 Å². The Kier molecular flexibility index (Phi) is 4.14. The summed E-state index contributed by atoms with van der Waals surface area (Å²) in [5.41, 5.74) is 1.11. The second-order valence-electron chi connectivity index (χ2n) is 3.16. The molecular formula is C11H14BrNO. The van der Waals surface area contributed by atoms with Gasteiger partial charge in [-0.1, -0.05) is 41.1 Å². The molecule has 76 valence electrons. The lowest BCUT2D eigenvalue weighted by Gasteiger charge is -2.15. The number of hydrogen-bond acceptors (Lipinski definition) is 1. The van der Waals surface area contributed by atoms with Crippen molar-refractivity contribution in [1.29, 1.82) is 0 Å². The molecule has 0 radical (unpaired) electrons. The van der Waals surface area contributed by atoms with Crippen LogP contribution in [-0.2, 0) is 4.79 Å². The van der Waals surface area contributed by atoms with Crippen LogP contribution in [0.25, 0.3) is 0 Å². The number of carbonyl (C=O) groups excluding carboxylic acids is 1. The maximum absolute atomic E-state index is 11.2. The smallest absolute Gasteiger partial charge is 0.220 e. The number of amides is 1. The summed E-state index contributed by atoms with van der Waals surface area (Å²) in [5.74, 6) is 0.0771. The molecule has 0 bridgehead atoms. The lowest BCUT2D eigenvalue weighted by Crippen LogP contribution is -2.25. The first-order valence-electron chi connectivity index (χ1n) is 4.69. The molecule has 1 aromatic rings. The Morgan fingerprint density at radius 1 is 1.50 bits per heavy atom. The third-order valence-electron chi connectivity index (χ3n) is 2.07. The summed E-state index contributed by atoms with van der Waals surface area (Å²) in [6.45, 7) is 3.83. The van der Waals surface area contributed by atoms with Crippen molar-refractivity contribution in [2.24, 2.45) is 0 Å². The molecule has 0 fully saturated rings. The van der Waals surface area contributed by atoms with E-state index in [9.17, 15) is 4.79 Å². The van der Waals surface area contributed by atoms with Crippen LogP contribution in [0.3, 0.4) is 0 Å².